The lowest BCUT2D eigenvalue weighted by molar-refractivity contribution is 1.17. The van der Waals surface area contributed by atoms with Crippen LogP contribution in [-0.4, -0.2) is 4.98 Å². The molecule has 1 aliphatic heterocycles. The molecule has 0 atom stereocenters. The molecule has 1 aromatic heterocycles. The number of benzene rings is 3. The van der Waals surface area contributed by atoms with E-state index in [4.69, 9.17) is 0 Å². The molecule has 0 bridgehead atoms. The van der Waals surface area contributed by atoms with E-state index in [2.05, 4.69) is 187 Å². The molecule has 2 nitrogen and oxygen atoms in total. The Labute approximate surface area is 314 Å². The highest BCUT2D eigenvalue weighted by Gasteiger charge is 2.18. The highest BCUT2D eigenvalue weighted by molar-refractivity contribution is 5.98. The number of para-hydroxylation sites is 2. The standard InChI is InChI=1S/C44H38N2.3C2H6/c1-3-18-36-22-14-15-31-45-42-29-12-11-28-41(42)44(36)38-24-16-23-37(33-38)35-20-6-4-9-27-40-34(2)19-17-32-46(39-25-7-5-8-26-39)43(40)30-13-10-21-35;3*1-2/h3-18,20-33,45H,2,19H2,1H3;3*1-2H3/b6-4?,9-4-,13-10+,18-3-,20-6-,21-10?,22-14?,27-9?,30-13?,31-15?,35-20?,35-21-,40-27-,43-30+,44-36?;;;. The molecule has 6 rings (SSSR count). The second-order valence-corrected chi connectivity index (χ2v) is 11.1. The summed E-state index contributed by atoms with van der Waals surface area (Å²) in [6.45, 7) is 18.5. The molecule has 1 aliphatic carbocycles. The number of rotatable bonds is 4. The first-order valence-electron chi connectivity index (χ1n) is 18.7. The Kier molecular flexibility index (Phi) is 17.8. The minimum Gasteiger partial charge on any atom is -0.361 e. The van der Waals surface area contributed by atoms with E-state index in [9.17, 15) is 0 Å². The van der Waals surface area contributed by atoms with Crippen molar-refractivity contribution in [1.82, 2.24) is 4.98 Å². The van der Waals surface area contributed by atoms with E-state index in [0.717, 1.165) is 62.1 Å². The van der Waals surface area contributed by atoms with Gasteiger partial charge in [-0.25, -0.2) is 0 Å². The highest BCUT2D eigenvalue weighted by Crippen LogP contribution is 2.34. The molecule has 0 saturated carbocycles. The van der Waals surface area contributed by atoms with E-state index in [-0.39, 0.29) is 0 Å². The molecule has 3 aromatic carbocycles. The van der Waals surface area contributed by atoms with Crippen LogP contribution < -0.4 is 4.90 Å². The van der Waals surface area contributed by atoms with Gasteiger partial charge in [-0.1, -0.05) is 182 Å². The molecular weight excluding hydrogens is 629 g/mol. The van der Waals surface area contributed by atoms with E-state index in [1.807, 2.05) is 59.9 Å². The fraction of sp³-hybridized carbons (Fsp3) is 0.160. The molecule has 0 fully saturated rings. The first kappa shape index (κ1) is 40.6. The Hall–Kier alpha value is -5.86. The number of anilines is 1. The predicted octanol–water partition coefficient (Wildman–Crippen LogP) is 14.9. The molecule has 4 aromatic rings. The van der Waals surface area contributed by atoms with Gasteiger partial charge in [-0.15, -0.1) is 0 Å². The molecule has 0 saturated heterocycles. The summed E-state index contributed by atoms with van der Waals surface area (Å²) in [5.74, 6) is 0. The van der Waals surface area contributed by atoms with Gasteiger partial charge >= 0.3 is 0 Å². The van der Waals surface area contributed by atoms with E-state index >= 15 is 0 Å². The summed E-state index contributed by atoms with van der Waals surface area (Å²) >= 11 is 0. The third kappa shape index (κ3) is 10.8. The van der Waals surface area contributed by atoms with Gasteiger partial charge in [0.05, 0.1) is 5.70 Å². The number of nitrogens with zero attached hydrogens (tertiary/aromatic N) is 1. The summed E-state index contributed by atoms with van der Waals surface area (Å²) in [5, 5.41) is 1.16. The predicted molar refractivity (Wildman–Crippen MR) is 233 cm³/mol. The van der Waals surface area contributed by atoms with Gasteiger partial charge in [0.2, 0.25) is 0 Å². The zero-order chi connectivity index (χ0) is 37.6. The molecule has 266 valence electrons. The maximum Gasteiger partial charge on any atom is 0.0530 e. The van der Waals surface area contributed by atoms with Crippen molar-refractivity contribution in [2.45, 2.75) is 54.9 Å². The van der Waals surface area contributed by atoms with Gasteiger partial charge in [-0.3, -0.25) is 0 Å². The SMILES string of the molecule is C=C1CC=CN(c2ccccc2)/C2=C/C=C/C=C(c3cccc(-c4c(/C=C\C)cccc[nH]c5ccccc45)c3)/C=C\C=C/C=C/12.CC.CC.CC. The van der Waals surface area contributed by atoms with Crippen molar-refractivity contribution < 1.29 is 0 Å². The third-order valence-corrected chi connectivity index (χ3v) is 8.01. The summed E-state index contributed by atoms with van der Waals surface area (Å²) in [4.78, 5) is 5.71. The largest absolute Gasteiger partial charge is 0.361 e. The average molecular weight is 685 g/mol. The number of fused-ring (bicyclic) bond motifs is 2. The van der Waals surface area contributed by atoms with Gasteiger partial charge in [0.25, 0.3) is 0 Å². The normalized spacial score (nSPS) is 18.4. The van der Waals surface area contributed by atoms with Crippen LogP contribution in [0.1, 0.15) is 66.0 Å². The minimum absolute atomic E-state index is 0.805. The van der Waals surface area contributed by atoms with Crippen molar-refractivity contribution in [2.24, 2.45) is 0 Å². The van der Waals surface area contributed by atoms with Gasteiger partial charge in [0.15, 0.2) is 0 Å². The van der Waals surface area contributed by atoms with E-state index in [1.165, 1.54) is 5.56 Å². The maximum absolute atomic E-state index is 4.41. The minimum atomic E-state index is 0.805. The smallest absolute Gasteiger partial charge is 0.0530 e. The van der Waals surface area contributed by atoms with E-state index < -0.39 is 0 Å². The fourth-order valence-corrected chi connectivity index (χ4v) is 5.83. The second kappa shape index (κ2) is 22.8. The molecule has 0 unspecified atom stereocenters. The van der Waals surface area contributed by atoms with Gasteiger partial charge in [0.1, 0.15) is 0 Å². The van der Waals surface area contributed by atoms with E-state index in [0.29, 0.717) is 0 Å². The van der Waals surface area contributed by atoms with Crippen LogP contribution in [0.25, 0.3) is 33.7 Å². The van der Waals surface area contributed by atoms with Crippen molar-refractivity contribution in [3.63, 3.8) is 0 Å². The number of hydrogen-bond donors (Lipinski definition) is 1. The lowest BCUT2D eigenvalue weighted by Crippen LogP contribution is -2.16. The Morgan fingerprint density at radius 1 is 0.673 bits per heavy atom. The number of aromatic nitrogens is 1. The average Bonchev–Trinajstić information content (AvgIpc) is 3.28. The molecule has 2 aliphatic rings. The number of allylic oxidation sites excluding steroid dienone is 13. The van der Waals surface area contributed by atoms with Crippen LogP contribution in [-0.2, 0) is 0 Å². The van der Waals surface area contributed by atoms with Gasteiger partial charge in [-0.2, -0.15) is 0 Å². The highest BCUT2D eigenvalue weighted by atomic mass is 15.1. The molecule has 2 heterocycles. The fourth-order valence-electron chi connectivity index (χ4n) is 5.83. The number of H-pyrrole nitrogens is 1. The van der Waals surface area contributed by atoms with Gasteiger partial charge in [-0.05, 0) is 83.2 Å². The van der Waals surface area contributed by atoms with Crippen LogP contribution >= 0.6 is 0 Å². The zero-order valence-electron chi connectivity index (χ0n) is 32.2. The lowest BCUT2D eigenvalue weighted by Gasteiger charge is -2.24. The van der Waals surface area contributed by atoms with Gasteiger partial charge < -0.3 is 9.88 Å². The maximum atomic E-state index is 4.41. The van der Waals surface area contributed by atoms with Crippen LogP contribution in [0.15, 0.2) is 200 Å². The monoisotopic (exact) mass is 684 g/mol. The Balaban J connectivity index is 0.00000116. The topological polar surface area (TPSA) is 19.0 Å². The van der Waals surface area contributed by atoms with Crippen LogP contribution in [0.3, 0.4) is 0 Å². The van der Waals surface area contributed by atoms with Crippen LogP contribution in [0.5, 0.6) is 0 Å². The summed E-state index contributed by atoms with van der Waals surface area (Å²) in [6, 6.07) is 34.1. The van der Waals surface area contributed by atoms with Crippen molar-refractivity contribution in [3.8, 4) is 11.1 Å². The molecular formula is C50H56N2. The van der Waals surface area contributed by atoms with Crippen molar-refractivity contribution in [3.05, 3.63) is 211 Å². The molecule has 52 heavy (non-hydrogen) atoms. The summed E-state index contributed by atoms with van der Waals surface area (Å²) in [6.07, 6.45) is 30.7. The molecule has 1 N–H and O–H groups in total. The summed E-state index contributed by atoms with van der Waals surface area (Å²) in [5.41, 5.74) is 11.2. The molecule has 0 amide bonds. The van der Waals surface area contributed by atoms with Crippen molar-refractivity contribution >= 4 is 28.2 Å². The van der Waals surface area contributed by atoms with Crippen molar-refractivity contribution in [2.75, 3.05) is 4.90 Å². The van der Waals surface area contributed by atoms with Crippen LogP contribution in [0, 0.1) is 0 Å². The Morgan fingerprint density at radius 2 is 1.37 bits per heavy atom. The quantitative estimate of drug-likeness (QED) is 0.227. The first-order valence-corrected chi connectivity index (χ1v) is 18.7. The Morgan fingerprint density at radius 3 is 2.15 bits per heavy atom. The summed E-state index contributed by atoms with van der Waals surface area (Å²) in [7, 11) is 0. The number of nitrogens with one attached hydrogen (secondary N) is 1. The number of aromatic amines is 1. The third-order valence-electron chi connectivity index (χ3n) is 8.01. The first-order chi connectivity index (χ1) is 25.7. The molecule has 0 spiro atoms. The Bertz CT molecular complexity index is 2040. The summed E-state index contributed by atoms with van der Waals surface area (Å²) < 4.78 is 0. The second-order valence-electron chi connectivity index (χ2n) is 11.1. The zero-order valence-corrected chi connectivity index (χ0v) is 32.2. The molecule has 2 heteroatoms. The van der Waals surface area contributed by atoms with E-state index in [1.54, 1.807) is 0 Å². The van der Waals surface area contributed by atoms with Gasteiger partial charge in [0, 0.05) is 34.6 Å². The number of hydrogen-bond acceptors (Lipinski definition) is 1. The van der Waals surface area contributed by atoms with Crippen LogP contribution in [0.4, 0.5) is 5.69 Å². The van der Waals surface area contributed by atoms with Crippen LogP contribution in [0.2, 0.25) is 0 Å². The molecule has 0 radical (unpaired) electrons. The lowest BCUT2D eigenvalue weighted by atomic mass is 9.93. The van der Waals surface area contributed by atoms with Crippen molar-refractivity contribution in [1.29, 1.82) is 0 Å².